The normalized spacial score (nSPS) is 21.9. The number of hydrogen-bond acceptors (Lipinski definition) is 3. The molecule has 1 aliphatic rings. The van der Waals surface area contributed by atoms with Crippen molar-refractivity contribution in [1.29, 1.82) is 0 Å². The van der Waals surface area contributed by atoms with E-state index in [4.69, 9.17) is 0 Å². The van der Waals surface area contributed by atoms with Gasteiger partial charge in [0.15, 0.2) is 0 Å². The molecule has 86 valence electrons. The number of hydrogen-bond donors (Lipinski definition) is 1. The fraction of sp³-hybridized carbons (Fsp3) is 0.500. The van der Waals surface area contributed by atoms with Crippen LogP contribution in [0.1, 0.15) is 31.2 Å². The van der Waals surface area contributed by atoms with E-state index in [0.29, 0.717) is 12.0 Å². The van der Waals surface area contributed by atoms with E-state index in [1.165, 1.54) is 18.4 Å². The Kier molecular flexibility index (Phi) is 3.19. The molecule has 0 aromatic heterocycles. The lowest BCUT2D eigenvalue weighted by atomic mass is 9.92. The van der Waals surface area contributed by atoms with Crippen molar-refractivity contribution in [2.45, 2.75) is 31.7 Å². The van der Waals surface area contributed by atoms with Gasteiger partial charge in [0.1, 0.15) is 0 Å². The number of rotatable bonds is 3. The Labute approximate surface area is 94.8 Å². The molecule has 0 radical (unpaired) electrons. The topological polar surface area (TPSA) is 55.2 Å². The smallest absolute Gasteiger partial charge is 0.269 e. The summed E-state index contributed by atoms with van der Waals surface area (Å²) in [6.07, 6.45) is 2.42. The van der Waals surface area contributed by atoms with Crippen molar-refractivity contribution in [3.8, 4) is 0 Å². The summed E-state index contributed by atoms with van der Waals surface area (Å²) in [6.45, 7) is 3.26. The number of nitrogens with zero attached hydrogens (tertiary/aromatic N) is 1. The van der Waals surface area contributed by atoms with E-state index < -0.39 is 0 Å². The van der Waals surface area contributed by atoms with Gasteiger partial charge < -0.3 is 5.32 Å². The molecule has 0 bridgehead atoms. The summed E-state index contributed by atoms with van der Waals surface area (Å²) < 4.78 is 0. The third-order valence-corrected chi connectivity index (χ3v) is 3.33. The number of nitro groups is 1. The summed E-state index contributed by atoms with van der Waals surface area (Å²) in [4.78, 5) is 10.2. The van der Waals surface area contributed by atoms with Crippen molar-refractivity contribution < 1.29 is 4.92 Å². The van der Waals surface area contributed by atoms with Crippen molar-refractivity contribution in [3.05, 3.63) is 39.9 Å². The minimum atomic E-state index is -0.359. The first-order valence-electron chi connectivity index (χ1n) is 5.66. The second-order valence-corrected chi connectivity index (χ2v) is 4.34. The Bertz CT molecular complexity index is 369. The van der Waals surface area contributed by atoms with Crippen LogP contribution in [0, 0.1) is 10.1 Å². The van der Waals surface area contributed by atoms with Crippen LogP contribution in [0.5, 0.6) is 0 Å². The maximum atomic E-state index is 10.5. The van der Waals surface area contributed by atoms with Crippen molar-refractivity contribution >= 4 is 5.69 Å². The summed E-state index contributed by atoms with van der Waals surface area (Å²) >= 11 is 0. The van der Waals surface area contributed by atoms with Crippen LogP contribution < -0.4 is 5.32 Å². The van der Waals surface area contributed by atoms with Gasteiger partial charge in [-0.1, -0.05) is 19.1 Å². The summed E-state index contributed by atoms with van der Waals surface area (Å²) in [6, 6.07) is 7.41. The quantitative estimate of drug-likeness (QED) is 0.628. The molecule has 0 saturated carbocycles. The predicted molar refractivity (Wildman–Crippen MR) is 62.5 cm³/mol. The van der Waals surface area contributed by atoms with E-state index in [9.17, 15) is 10.1 Å². The number of non-ortho nitro benzene ring substituents is 1. The van der Waals surface area contributed by atoms with E-state index in [-0.39, 0.29) is 10.6 Å². The molecule has 1 aromatic rings. The average Bonchev–Trinajstić information content (AvgIpc) is 2.81. The standard InChI is InChI=1S/C12H16N2O2/c1-9(12-3-2-8-13-12)10-4-6-11(7-5-10)14(15)16/h4-7,9,12-13H,2-3,8H2,1H3. The molecule has 1 N–H and O–H groups in total. The van der Waals surface area contributed by atoms with Crippen LogP contribution >= 0.6 is 0 Å². The highest BCUT2D eigenvalue weighted by Gasteiger charge is 2.22. The maximum absolute atomic E-state index is 10.5. The molecule has 2 rings (SSSR count). The zero-order chi connectivity index (χ0) is 11.5. The monoisotopic (exact) mass is 220 g/mol. The zero-order valence-electron chi connectivity index (χ0n) is 9.35. The second-order valence-electron chi connectivity index (χ2n) is 4.34. The molecule has 2 unspecified atom stereocenters. The highest BCUT2D eigenvalue weighted by molar-refractivity contribution is 5.34. The maximum Gasteiger partial charge on any atom is 0.269 e. The first-order chi connectivity index (χ1) is 7.68. The Balaban J connectivity index is 2.11. The van der Waals surface area contributed by atoms with Crippen LogP contribution in [0.15, 0.2) is 24.3 Å². The Morgan fingerprint density at radius 1 is 1.44 bits per heavy atom. The van der Waals surface area contributed by atoms with Crippen LogP contribution in [-0.2, 0) is 0 Å². The van der Waals surface area contributed by atoms with Crippen LogP contribution in [0.25, 0.3) is 0 Å². The summed E-state index contributed by atoms with van der Waals surface area (Å²) in [7, 11) is 0. The number of nitro benzene ring substituents is 1. The average molecular weight is 220 g/mol. The Morgan fingerprint density at radius 2 is 2.12 bits per heavy atom. The molecule has 2 atom stereocenters. The van der Waals surface area contributed by atoms with Gasteiger partial charge in [-0.25, -0.2) is 0 Å². The van der Waals surface area contributed by atoms with E-state index in [2.05, 4.69) is 12.2 Å². The van der Waals surface area contributed by atoms with E-state index in [0.717, 1.165) is 6.54 Å². The molecule has 0 aliphatic carbocycles. The van der Waals surface area contributed by atoms with Gasteiger partial charge in [-0.15, -0.1) is 0 Å². The lowest BCUT2D eigenvalue weighted by Crippen LogP contribution is -2.27. The first kappa shape index (κ1) is 11.1. The van der Waals surface area contributed by atoms with Crippen LogP contribution in [0.3, 0.4) is 0 Å². The van der Waals surface area contributed by atoms with Crippen LogP contribution in [0.2, 0.25) is 0 Å². The molecule has 1 heterocycles. The van der Waals surface area contributed by atoms with E-state index >= 15 is 0 Å². The fourth-order valence-corrected chi connectivity index (χ4v) is 2.27. The third kappa shape index (κ3) is 2.22. The molecule has 1 aromatic carbocycles. The molecule has 4 heteroatoms. The van der Waals surface area contributed by atoms with Crippen molar-refractivity contribution in [2.75, 3.05) is 6.54 Å². The highest BCUT2D eigenvalue weighted by atomic mass is 16.6. The number of benzene rings is 1. The SMILES string of the molecule is CC(c1ccc([N+](=O)[O-])cc1)C1CCCN1. The lowest BCUT2D eigenvalue weighted by Gasteiger charge is -2.19. The Morgan fingerprint density at radius 3 is 2.62 bits per heavy atom. The molecule has 0 amide bonds. The second kappa shape index (κ2) is 4.61. The van der Waals surface area contributed by atoms with Gasteiger partial charge in [-0.05, 0) is 30.9 Å². The zero-order valence-corrected chi connectivity index (χ0v) is 9.35. The van der Waals surface area contributed by atoms with Crippen molar-refractivity contribution in [1.82, 2.24) is 5.32 Å². The summed E-state index contributed by atoms with van der Waals surface area (Å²) in [5, 5.41) is 14.0. The molecule has 4 nitrogen and oxygen atoms in total. The molecule has 1 saturated heterocycles. The molecule has 1 fully saturated rings. The molecule has 0 spiro atoms. The van der Waals surface area contributed by atoms with Gasteiger partial charge in [0.05, 0.1) is 4.92 Å². The lowest BCUT2D eigenvalue weighted by molar-refractivity contribution is -0.384. The predicted octanol–water partition coefficient (Wildman–Crippen LogP) is 2.45. The summed E-state index contributed by atoms with van der Waals surface area (Å²) in [5.41, 5.74) is 1.33. The van der Waals surface area contributed by atoms with Crippen LogP contribution in [0.4, 0.5) is 5.69 Å². The minimum Gasteiger partial charge on any atom is -0.313 e. The van der Waals surface area contributed by atoms with Gasteiger partial charge in [-0.2, -0.15) is 0 Å². The molecule has 16 heavy (non-hydrogen) atoms. The van der Waals surface area contributed by atoms with E-state index in [1.54, 1.807) is 12.1 Å². The summed E-state index contributed by atoms with van der Waals surface area (Å²) in [5.74, 6) is 0.420. The number of nitrogens with one attached hydrogen (secondary N) is 1. The highest BCUT2D eigenvalue weighted by Crippen LogP contribution is 2.26. The van der Waals surface area contributed by atoms with Gasteiger partial charge in [0, 0.05) is 18.2 Å². The molecular weight excluding hydrogens is 204 g/mol. The van der Waals surface area contributed by atoms with Crippen LogP contribution in [-0.4, -0.2) is 17.5 Å². The van der Waals surface area contributed by atoms with Gasteiger partial charge >= 0.3 is 0 Å². The van der Waals surface area contributed by atoms with E-state index in [1.807, 2.05) is 12.1 Å². The van der Waals surface area contributed by atoms with Gasteiger partial charge in [0.2, 0.25) is 0 Å². The van der Waals surface area contributed by atoms with Gasteiger partial charge in [0.25, 0.3) is 5.69 Å². The van der Waals surface area contributed by atoms with Crippen molar-refractivity contribution in [3.63, 3.8) is 0 Å². The molecule has 1 aliphatic heterocycles. The molecular formula is C12H16N2O2. The Hall–Kier alpha value is -1.42. The fourth-order valence-electron chi connectivity index (χ4n) is 2.27. The first-order valence-corrected chi connectivity index (χ1v) is 5.66. The largest absolute Gasteiger partial charge is 0.313 e. The van der Waals surface area contributed by atoms with Crippen molar-refractivity contribution in [2.24, 2.45) is 0 Å². The third-order valence-electron chi connectivity index (χ3n) is 3.33. The minimum absolute atomic E-state index is 0.162. The van der Waals surface area contributed by atoms with Gasteiger partial charge in [-0.3, -0.25) is 10.1 Å².